The first-order chi connectivity index (χ1) is 16.2. The van der Waals surface area contributed by atoms with Crippen molar-refractivity contribution in [3.63, 3.8) is 0 Å². The Kier molecular flexibility index (Phi) is 9.03. The van der Waals surface area contributed by atoms with Gasteiger partial charge in [-0.05, 0) is 51.6 Å². The highest BCUT2D eigenvalue weighted by Gasteiger charge is 2.48. The molecule has 1 aromatic rings. The van der Waals surface area contributed by atoms with Gasteiger partial charge >= 0.3 is 6.09 Å². The van der Waals surface area contributed by atoms with Crippen molar-refractivity contribution >= 4 is 31.7 Å². The minimum absolute atomic E-state index is 0.0182. The minimum Gasteiger partial charge on any atom is -0.444 e. The summed E-state index contributed by atoms with van der Waals surface area (Å²) >= 11 is 0. The monoisotopic (exact) mass is 544 g/mol. The number of nitro groups is 1. The van der Waals surface area contributed by atoms with E-state index in [1.165, 1.54) is 23.1 Å². The van der Waals surface area contributed by atoms with Gasteiger partial charge in [0.05, 0.1) is 29.2 Å². The molecule has 0 spiro atoms. The fraction of sp³-hybridized carbons (Fsp3) is 0.708. The number of ether oxygens (including phenoxy) is 1. The Bertz CT molecular complexity index is 1070. The summed E-state index contributed by atoms with van der Waals surface area (Å²) in [7, 11) is -5.35. The van der Waals surface area contributed by atoms with Crippen LogP contribution in [-0.2, 0) is 23.5 Å². The molecular weight excluding hydrogens is 504 g/mol. The van der Waals surface area contributed by atoms with E-state index in [-0.39, 0.29) is 28.6 Å². The minimum atomic E-state index is -4.32. The van der Waals surface area contributed by atoms with Crippen molar-refractivity contribution in [1.29, 1.82) is 0 Å². The van der Waals surface area contributed by atoms with E-state index in [2.05, 4.69) is 27.7 Å². The lowest BCUT2D eigenvalue weighted by atomic mass is 9.96. The van der Waals surface area contributed by atoms with E-state index in [1.807, 2.05) is 13.8 Å². The molecule has 0 aromatic heterocycles. The van der Waals surface area contributed by atoms with Crippen molar-refractivity contribution < 1.29 is 31.5 Å². The smallest absolute Gasteiger partial charge is 0.410 e. The van der Waals surface area contributed by atoms with Gasteiger partial charge in [0, 0.05) is 18.6 Å². The number of carbonyl (C=O) groups is 1. The van der Waals surface area contributed by atoms with Crippen molar-refractivity contribution in [2.45, 2.75) is 102 Å². The summed E-state index contributed by atoms with van der Waals surface area (Å²) in [5.41, 5.74) is -1.87. The van der Waals surface area contributed by atoms with E-state index in [4.69, 9.17) is 13.3 Å². The number of hydrogen-bond acceptors (Lipinski definition) is 8. The highest BCUT2D eigenvalue weighted by Crippen LogP contribution is 2.38. The van der Waals surface area contributed by atoms with Gasteiger partial charge in [0.1, 0.15) is 10.5 Å². The SMILES string of the molecule is CC(C)C(C)(C)[SiH2]OC(C)(C)[C@H]1C[C@@H](OS(=O)(=O)c2cccc([N+](=O)[O-])c2)CN1C(=O)OC(C)(C)C. The quantitative estimate of drug-likeness (QED) is 0.194. The van der Waals surface area contributed by atoms with E-state index >= 15 is 0 Å². The molecule has 10 nitrogen and oxygen atoms in total. The zero-order valence-electron chi connectivity index (χ0n) is 22.7. The van der Waals surface area contributed by atoms with Crippen LogP contribution in [0, 0.1) is 16.0 Å². The molecule has 1 aromatic carbocycles. The van der Waals surface area contributed by atoms with E-state index < -0.39 is 54.2 Å². The highest BCUT2D eigenvalue weighted by atomic mass is 32.2. The molecule has 204 valence electrons. The lowest BCUT2D eigenvalue weighted by Gasteiger charge is -2.41. The lowest BCUT2D eigenvalue weighted by Crippen LogP contribution is -2.52. The second-order valence-electron chi connectivity index (χ2n) is 11.8. The normalized spacial score (nSPS) is 19.9. The zero-order valence-corrected chi connectivity index (χ0v) is 25.0. The predicted molar refractivity (Wildman–Crippen MR) is 139 cm³/mol. The number of non-ortho nitro benzene ring substituents is 1. The molecular formula is C24H40N2O8SSi. The predicted octanol–water partition coefficient (Wildman–Crippen LogP) is 4.41. The van der Waals surface area contributed by atoms with Crippen LogP contribution in [-0.4, -0.2) is 64.0 Å². The van der Waals surface area contributed by atoms with Crippen LogP contribution >= 0.6 is 0 Å². The van der Waals surface area contributed by atoms with Crippen LogP contribution < -0.4 is 0 Å². The van der Waals surface area contributed by atoms with Gasteiger partial charge in [-0.3, -0.25) is 19.2 Å². The molecule has 0 unspecified atom stereocenters. The maximum absolute atomic E-state index is 13.1. The topological polar surface area (TPSA) is 125 Å². The number of nitro benzene ring substituents is 1. The van der Waals surface area contributed by atoms with E-state index in [0.29, 0.717) is 5.92 Å². The molecule has 1 aliphatic heterocycles. The van der Waals surface area contributed by atoms with Gasteiger partial charge in [0.15, 0.2) is 9.76 Å². The largest absolute Gasteiger partial charge is 0.444 e. The first-order valence-electron chi connectivity index (χ1n) is 12.1. The Balaban J connectivity index is 2.31. The Labute approximate surface area is 216 Å². The average molecular weight is 545 g/mol. The number of amides is 1. The van der Waals surface area contributed by atoms with E-state index in [0.717, 1.165) is 6.07 Å². The summed E-state index contributed by atoms with van der Waals surface area (Å²) in [5.74, 6) is 0.418. The van der Waals surface area contributed by atoms with Crippen molar-refractivity contribution in [1.82, 2.24) is 4.90 Å². The van der Waals surface area contributed by atoms with Crippen LogP contribution in [0.3, 0.4) is 0 Å². The van der Waals surface area contributed by atoms with Gasteiger partial charge < -0.3 is 9.16 Å². The summed E-state index contributed by atoms with van der Waals surface area (Å²) in [6.45, 7) is 17.7. The second-order valence-corrected chi connectivity index (χ2v) is 15.8. The number of carbonyl (C=O) groups excluding carboxylic acids is 1. The Morgan fingerprint density at radius 1 is 1.17 bits per heavy atom. The molecule has 0 aliphatic carbocycles. The number of benzene rings is 1. The van der Waals surface area contributed by atoms with Crippen LogP contribution in [0.5, 0.6) is 0 Å². The van der Waals surface area contributed by atoms with E-state index in [1.54, 1.807) is 20.8 Å². The average Bonchev–Trinajstić information content (AvgIpc) is 3.15. The molecule has 0 bridgehead atoms. The van der Waals surface area contributed by atoms with Gasteiger partial charge in [-0.1, -0.05) is 33.8 Å². The summed E-state index contributed by atoms with van der Waals surface area (Å²) < 4.78 is 43.5. The van der Waals surface area contributed by atoms with Crippen LogP contribution in [0.4, 0.5) is 10.5 Å². The summed E-state index contributed by atoms with van der Waals surface area (Å²) in [6.07, 6.45) is -1.24. The summed E-state index contributed by atoms with van der Waals surface area (Å²) in [6, 6.07) is 4.20. The van der Waals surface area contributed by atoms with Crippen molar-refractivity contribution in [2.75, 3.05) is 6.54 Å². The van der Waals surface area contributed by atoms with Crippen LogP contribution in [0.1, 0.15) is 68.7 Å². The van der Waals surface area contributed by atoms with Crippen LogP contribution in [0.2, 0.25) is 5.04 Å². The molecule has 0 saturated carbocycles. The van der Waals surface area contributed by atoms with Gasteiger partial charge in [-0.2, -0.15) is 8.42 Å². The molecule has 1 heterocycles. The van der Waals surface area contributed by atoms with Crippen molar-refractivity contribution in [3.05, 3.63) is 34.4 Å². The first-order valence-corrected chi connectivity index (χ1v) is 14.8. The molecule has 36 heavy (non-hydrogen) atoms. The molecule has 2 rings (SSSR count). The summed E-state index contributed by atoms with van der Waals surface area (Å²) in [5, 5.41) is 11.1. The van der Waals surface area contributed by atoms with Gasteiger partial charge in [-0.25, -0.2) is 4.79 Å². The molecule has 0 radical (unpaired) electrons. The van der Waals surface area contributed by atoms with Crippen molar-refractivity contribution in [2.24, 2.45) is 5.92 Å². The number of nitrogens with zero attached hydrogens (tertiary/aromatic N) is 2. The first kappa shape index (κ1) is 30.2. The maximum Gasteiger partial charge on any atom is 0.410 e. The molecule has 0 N–H and O–H groups in total. The second kappa shape index (κ2) is 10.8. The van der Waals surface area contributed by atoms with Crippen LogP contribution in [0.15, 0.2) is 29.2 Å². The summed E-state index contributed by atoms with van der Waals surface area (Å²) in [4.78, 5) is 24.7. The number of rotatable bonds is 9. The Hall–Kier alpha value is -2.02. The standard InChI is InChI=1S/C24H40N2O8SSi/c1-16(2)24(8,9)36-34-23(6,7)20-14-18(15-25(20)21(27)32-22(3,4)5)33-35(30,31)19-12-10-11-17(13-19)26(28)29/h10-13,16,18,20H,14-15,36H2,1-9H3/t18-,20-/m1/s1. The molecule has 1 saturated heterocycles. The molecule has 2 atom stereocenters. The van der Waals surface area contributed by atoms with Gasteiger partial charge in [-0.15, -0.1) is 0 Å². The third-order valence-corrected chi connectivity index (χ3v) is 10.5. The van der Waals surface area contributed by atoms with Gasteiger partial charge in [0.25, 0.3) is 15.8 Å². The van der Waals surface area contributed by atoms with Gasteiger partial charge in [0.2, 0.25) is 0 Å². The number of hydrogen-bond donors (Lipinski definition) is 0. The van der Waals surface area contributed by atoms with E-state index in [9.17, 15) is 23.3 Å². The lowest BCUT2D eigenvalue weighted by molar-refractivity contribution is -0.385. The zero-order chi connectivity index (χ0) is 27.7. The van der Waals surface area contributed by atoms with Crippen LogP contribution in [0.25, 0.3) is 0 Å². The Morgan fingerprint density at radius 3 is 2.31 bits per heavy atom. The molecule has 1 amide bonds. The molecule has 1 fully saturated rings. The Morgan fingerprint density at radius 2 is 1.78 bits per heavy atom. The van der Waals surface area contributed by atoms with Crippen molar-refractivity contribution in [3.8, 4) is 0 Å². The number of likely N-dealkylation sites (tertiary alicyclic amines) is 1. The fourth-order valence-corrected chi connectivity index (χ4v) is 6.06. The molecule has 12 heteroatoms. The fourth-order valence-electron chi connectivity index (χ4n) is 3.67. The highest BCUT2D eigenvalue weighted by molar-refractivity contribution is 7.86. The third-order valence-electron chi connectivity index (χ3n) is 6.65. The maximum atomic E-state index is 13.1. The third kappa shape index (κ3) is 7.74. The molecule has 1 aliphatic rings.